The van der Waals surface area contributed by atoms with Gasteiger partial charge in [0.1, 0.15) is 11.9 Å². The van der Waals surface area contributed by atoms with Crippen LogP contribution in [-0.4, -0.2) is 40.0 Å². The van der Waals surface area contributed by atoms with Crippen LogP contribution >= 0.6 is 23.7 Å². The van der Waals surface area contributed by atoms with Crippen molar-refractivity contribution in [1.82, 2.24) is 19.8 Å². The number of nitrogens with one attached hydrogen (secondary N) is 1. The van der Waals surface area contributed by atoms with Gasteiger partial charge in [0, 0.05) is 44.0 Å². The molecule has 0 radical (unpaired) electrons. The average Bonchev–Trinajstić information content (AvgIpc) is 3.13. The van der Waals surface area contributed by atoms with Crippen molar-refractivity contribution in [3.8, 4) is 0 Å². The van der Waals surface area contributed by atoms with Gasteiger partial charge in [-0.25, -0.2) is 4.98 Å². The van der Waals surface area contributed by atoms with Crippen LogP contribution in [0.5, 0.6) is 0 Å². The molecule has 0 aromatic carbocycles. The van der Waals surface area contributed by atoms with E-state index >= 15 is 0 Å². The minimum absolute atomic E-state index is 0. The number of thiophene rings is 1. The third kappa shape index (κ3) is 3.66. The molecule has 3 rings (SSSR count). The predicted molar refractivity (Wildman–Crippen MR) is 100 cm³/mol. The van der Waals surface area contributed by atoms with E-state index in [4.69, 9.17) is 0 Å². The fourth-order valence-electron chi connectivity index (χ4n) is 3.16. The Hall–Kier alpha value is -1.37. The van der Waals surface area contributed by atoms with Crippen LogP contribution in [0.15, 0.2) is 18.5 Å². The van der Waals surface area contributed by atoms with Gasteiger partial charge in [0.2, 0.25) is 0 Å². The summed E-state index contributed by atoms with van der Waals surface area (Å²) < 4.78 is 2.00. The van der Waals surface area contributed by atoms with Gasteiger partial charge in [0.25, 0.3) is 5.91 Å². The largest absolute Gasteiger partial charge is 0.336 e. The van der Waals surface area contributed by atoms with Gasteiger partial charge in [0.05, 0.1) is 4.88 Å². The number of piperazine rings is 1. The van der Waals surface area contributed by atoms with E-state index in [2.05, 4.69) is 30.2 Å². The Morgan fingerprint density at radius 2 is 2.29 bits per heavy atom. The van der Waals surface area contributed by atoms with Crippen LogP contribution in [0.25, 0.3) is 0 Å². The topological polar surface area (TPSA) is 50.2 Å². The van der Waals surface area contributed by atoms with E-state index in [1.165, 1.54) is 10.4 Å². The Balaban J connectivity index is 0.00000208. The number of imidazole rings is 1. The molecular formula is C17H25ClN4OS. The molecule has 1 atom stereocenters. The Kier molecular flexibility index (Phi) is 6.43. The second-order valence-corrected chi connectivity index (χ2v) is 7.31. The first kappa shape index (κ1) is 19.0. The Bertz CT molecular complexity index is 697. The van der Waals surface area contributed by atoms with E-state index in [1.54, 1.807) is 17.5 Å². The van der Waals surface area contributed by atoms with Gasteiger partial charge in [0.15, 0.2) is 0 Å². The van der Waals surface area contributed by atoms with Crippen molar-refractivity contribution in [2.24, 2.45) is 7.05 Å². The third-order valence-corrected chi connectivity index (χ3v) is 5.49. The number of aryl methyl sites for hydroxylation is 3. The maximum atomic E-state index is 13.1. The first-order chi connectivity index (χ1) is 11.1. The van der Waals surface area contributed by atoms with E-state index in [0.29, 0.717) is 0 Å². The third-order valence-electron chi connectivity index (χ3n) is 4.41. The summed E-state index contributed by atoms with van der Waals surface area (Å²) in [6, 6.07) is 2.08. The molecule has 1 amide bonds. The van der Waals surface area contributed by atoms with Gasteiger partial charge in [-0.1, -0.05) is 13.3 Å². The molecular weight excluding hydrogens is 344 g/mol. The van der Waals surface area contributed by atoms with Crippen molar-refractivity contribution < 1.29 is 4.79 Å². The smallest absolute Gasteiger partial charge is 0.264 e. The highest BCUT2D eigenvalue weighted by Crippen LogP contribution is 2.28. The SMILES string of the molecule is CCCc1cc(C(=O)N2CCNCC2c2nccn2C)sc1C.Cl. The Morgan fingerprint density at radius 3 is 2.96 bits per heavy atom. The zero-order valence-electron chi connectivity index (χ0n) is 14.4. The van der Waals surface area contributed by atoms with Crippen LogP contribution < -0.4 is 5.32 Å². The quantitative estimate of drug-likeness (QED) is 0.902. The second kappa shape index (κ2) is 8.14. The van der Waals surface area contributed by atoms with E-state index in [9.17, 15) is 4.79 Å². The molecule has 24 heavy (non-hydrogen) atoms. The van der Waals surface area contributed by atoms with Gasteiger partial charge < -0.3 is 14.8 Å². The lowest BCUT2D eigenvalue weighted by molar-refractivity contribution is 0.0626. The molecule has 0 aliphatic carbocycles. The van der Waals surface area contributed by atoms with Crippen LogP contribution in [-0.2, 0) is 13.5 Å². The van der Waals surface area contributed by atoms with Gasteiger partial charge in [-0.2, -0.15) is 0 Å². The monoisotopic (exact) mass is 368 g/mol. The first-order valence-corrected chi connectivity index (χ1v) is 9.01. The van der Waals surface area contributed by atoms with E-state index in [1.807, 2.05) is 22.7 Å². The molecule has 2 aromatic rings. The summed E-state index contributed by atoms with van der Waals surface area (Å²) in [5.74, 6) is 1.07. The molecule has 132 valence electrons. The molecule has 3 heterocycles. The molecule has 1 aliphatic heterocycles. The molecule has 5 nitrogen and oxygen atoms in total. The van der Waals surface area contributed by atoms with Gasteiger partial charge in [-0.3, -0.25) is 4.79 Å². The summed E-state index contributed by atoms with van der Waals surface area (Å²) in [6.45, 7) is 6.59. The molecule has 0 bridgehead atoms. The molecule has 1 unspecified atom stereocenters. The fourth-order valence-corrected chi connectivity index (χ4v) is 4.19. The van der Waals surface area contributed by atoms with Crippen molar-refractivity contribution >= 4 is 29.7 Å². The van der Waals surface area contributed by atoms with Crippen molar-refractivity contribution in [1.29, 1.82) is 0 Å². The zero-order valence-corrected chi connectivity index (χ0v) is 16.0. The summed E-state index contributed by atoms with van der Waals surface area (Å²) in [4.78, 5) is 21.6. The molecule has 1 saturated heterocycles. The van der Waals surface area contributed by atoms with E-state index in [-0.39, 0.29) is 24.4 Å². The van der Waals surface area contributed by atoms with Crippen molar-refractivity contribution in [3.05, 3.63) is 39.6 Å². The molecule has 1 N–H and O–H groups in total. The van der Waals surface area contributed by atoms with E-state index < -0.39 is 0 Å². The van der Waals surface area contributed by atoms with Gasteiger partial charge >= 0.3 is 0 Å². The van der Waals surface area contributed by atoms with E-state index in [0.717, 1.165) is 43.2 Å². The van der Waals surface area contributed by atoms with Gasteiger partial charge in [-0.05, 0) is 25.0 Å². The van der Waals surface area contributed by atoms with Crippen LogP contribution in [0.1, 0.15) is 45.3 Å². The maximum absolute atomic E-state index is 13.1. The number of hydrogen-bond acceptors (Lipinski definition) is 4. The molecule has 0 spiro atoms. The zero-order chi connectivity index (χ0) is 16.4. The predicted octanol–water partition coefficient (Wildman–Crippen LogP) is 2.95. The van der Waals surface area contributed by atoms with Crippen LogP contribution in [0.3, 0.4) is 0 Å². The Morgan fingerprint density at radius 1 is 1.50 bits per heavy atom. The normalized spacial score (nSPS) is 17.6. The number of carbonyl (C=O) groups excluding carboxylic acids is 1. The second-order valence-electron chi connectivity index (χ2n) is 6.06. The number of rotatable bonds is 4. The minimum atomic E-state index is -0.00622. The molecule has 1 aliphatic rings. The summed E-state index contributed by atoms with van der Waals surface area (Å²) >= 11 is 1.62. The fraction of sp³-hybridized carbons (Fsp3) is 0.529. The number of nitrogens with zero attached hydrogens (tertiary/aromatic N) is 3. The number of aromatic nitrogens is 2. The van der Waals surface area contributed by atoms with Crippen LogP contribution in [0.2, 0.25) is 0 Å². The molecule has 7 heteroatoms. The standard InChI is InChI=1S/C17H24N4OS.ClH/c1-4-5-13-10-15(23-12(13)2)17(22)21-9-6-18-11-14(21)16-19-7-8-20(16)3;/h7-8,10,14,18H,4-6,9,11H2,1-3H3;1H. The average molecular weight is 369 g/mol. The maximum Gasteiger partial charge on any atom is 0.264 e. The van der Waals surface area contributed by atoms with Gasteiger partial charge in [-0.15, -0.1) is 23.7 Å². The highest BCUT2D eigenvalue weighted by Gasteiger charge is 2.31. The van der Waals surface area contributed by atoms with Crippen LogP contribution in [0, 0.1) is 6.92 Å². The summed E-state index contributed by atoms with van der Waals surface area (Å²) in [7, 11) is 1.98. The van der Waals surface area contributed by atoms with Crippen LogP contribution in [0.4, 0.5) is 0 Å². The molecule has 0 saturated carbocycles. The molecule has 1 fully saturated rings. The number of halogens is 1. The molecule has 2 aromatic heterocycles. The summed E-state index contributed by atoms with van der Waals surface area (Å²) in [5.41, 5.74) is 1.31. The number of amides is 1. The lowest BCUT2D eigenvalue weighted by Crippen LogP contribution is -2.49. The highest BCUT2D eigenvalue weighted by molar-refractivity contribution is 7.14. The summed E-state index contributed by atoms with van der Waals surface area (Å²) in [6.07, 6.45) is 5.87. The number of carbonyl (C=O) groups is 1. The minimum Gasteiger partial charge on any atom is -0.336 e. The number of hydrogen-bond donors (Lipinski definition) is 1. The Labute approximate surface area is 153 Å². The van der Waals surface area contributed by atoms with Crippen molar-refractivity contribution in [3.63, 3.8) is 0 Å². The highest BCUT2D eigenvalue weighted by atomic mass is 35.5. The summed E-state index contributed by atoms with van der Waals surface area (Å²) in [5, 5.41) is 3.38. The van der Waals surface area contributed by atoms with Crippen molar-refractivity contribution in [2.45, 2.75) is 32.7 Å². The van der Waals surface area contributed by atoms with Crippen molar-refractivity contribution in [2.75, 3.05) is 19.6 Å². The first-order valence-electron chi connectivity index (χ1n) is 8.20. The lowest BCUT2D eigenvalue weighted by atomic mass is 10.1. The lowest BCUT2D eigenvalue weighted by Gasteiger charge is -2.35.